The van der Waals surface area contributed by atoms with Gasteiger partial charge in [-0.3, -0.25) is 9.69 Å². The van der Waals surface area contributed by atoms with E-state index in [1.54, 1.807) is 6.07 Å². The summed E-state index contributed by atoms with van der Waals surface area (Å²) in [5.74, 6) is 1.75. The van der Waals surface area contributed by atoms with Gasteiger partial charge in [0.2, 0.25) is 0 Å². The first kappa shape index (κ1) is 17.9. The molecule has 8 heteroatoms. The molecule has 2 aliphatic rings. The monoisotopic (exact) mass is 384 g/mol. The van der Waals surface area contributed by atoms with Crippen molar-refractivity contribution in [1.82, 2.24) is 29.7 Å². The molecule has 27 heavy (non-hydrogen) atoms. The van der Waals surface area contributed by atoms with Gasteiger partial charge in [-0.1, -0.05) is 24.3 Å². The number of benzene rings is 1. The molecule has 0 N–H and O–H groups in total. The Balaban J connectivity index is 0.00000180. The molecule has 1 aromatic carbocycles. The highest BCUT2D eigenvalue weighted by atomic mass is 35.5. The molecule has 0 radical (unpaired) electrons. The normalized spacial score (nSPS) is 21.3. The first-order chi connectivity index (χ1) is 12.8. The van der Waals surface area contributed by atoms with E-state index in [0.717, 1.165) is 37.6 Å². The summed E-state index contributed by atoms with van der Waals surface area (Å²) in [6.07, 6.45) is 1.16. The predicted molar refractivity (Wildman–Crippen MR) is 103 cm³/mol. The van der Waals surface area contributed by atoms with Crippen LogP contribution in [0, 0.1) is 5.92 Å². The number of likely N-dealkylation sites (tertiary alicyclic amines) is 1. The fraction of sp³-hybridized carbons (Fsp3) is 0.368. The second-order valence-corrected chi connectivity index (χ2v) is 7.23. The molecule has 140 valence electrons. The Morgan fingerprint density at radius 3 is 2.70 bits per heavy atom. The minimum absolute atomic E-state index is 0. The molecule has 1 saturated heterocycles. The summed E-state index contributed by atoms with van der Waals surface area (Å²) < 4.78 is 3.77. The Kier molecular flexibility index (Phi) is 4.80. The summed E-state index contributed by atoms with van der Waals surface area (Å²) in [6.45, 7) is 3.43. The largest absolute Gasteiger partial charge is 0.312 e. The smallest absolute Gasteiger partial charge is 0.250 e. The fourth-order valence-corrected chi connectivity index (χ4v) is 4.40. The average molecular weight is 385 g/mol. The summed E-state index contributed by atoms with van der Waals surface area (Å²) in [6, 6.07) is 15.6. The van der Waals surface area contributed by atoms with E-state index in [4.69, 9.17) is 0 Å². The SMILES string of the molecule is Cl.O=c1cccc2n1CC1CC2CN(Cc2nnnn2-c2ccccc2)C1. The molecule has 4 heterocycles. The lowest BCUT2D eigenvalue weighted by Crippen LogP contribution is -2.46. The first-order valence-corrected chi connectivity index (χ1v) is 9.03. The van der Waals surface area contributed by atoms with Crippen LogP contribution in [-0.4, -0.2) is 42.8 Å². The van der Waals surface area contributed by atoms with Gasteiger partial charge in [0.25, 0.3) is 5.56 Å². The molecule has 5 rings (SSSR count). The van der Waals surface area contributed by atoms with E-state index < -0.39 is 0 Å². The van der Waals surface area contributed by atoms with Gasteiger partial charge >= 0.3 is 0 Å². The lowest BCUT2D eigenvalue weighted by atomic mass is 9.83. The Morgan fingerprint density at radius 2 is 1.85 bits per heavy atom. The van der Waals surface area contributed by atoms with E-state index in [2.05, 4.69) is 26.5 Å². The second kappa shape index (κ2) is 7.25. The van der Waals surface area contributed by atoms with E-state index >= 15 is 0 Å². The summed E-state index contributed by atoms with van der Waals surface area (Å²) >= 11 is 0. The minimum Gasteiger partial charge on any atom is -0.312 e. The molecule has 0 saturated carbocycles. The molecule has 0 amide bonds. The van der Waals surface area contributed by atoms with Gasteiger partial charge in [0, 0.05) is 37.3 Å². The zero-order chi connectivity index (χ0) is 17.5. The van der Waals surface area contributed by atoms with Crippen molar-refractivity contribution in [2.75, 3.05) is 13.1 Å². The van der Waals surface area contributed by atoms with E-state index in [1.807, 2.05) is 45.6 Å². The fourth-order valence-electron chi connectivity index (χ4n) is 4.40. The second-order valence-electron chi connectivity index (χ2n) is 7.23. The van der Waals surface area contributed by atoms with Crippen LogP contribution in [0.5, 0.6) is 0 Å². The van der Waals surface area contributed by atoms with Gasteiger partial charge < -0.3 is 4.57 Å². The highest BCUT2D eigenvalue weighted by Crippen LogP contribution is 2.35. The number of nitrogens with zero attached hydrogens (tertiary/aromatic N) is 6. The molecular weight excluding hydrogens is 364 g/mol. The van der Waals surface area contributed by atoms with Crippen molar-refractivity contribution in [3.63, 3.8) is 0 Å². The molecule has 2 atom stereocenters. The number of hydrogen-bond donors (Lipinski definition) is 0. The highest BCUT2D eigenvalue weighted by molar-refractivity contribution is 5.85. The van der Waals surface area contributed by atoms with E-state index in [0.29, 0.717) is 18.4 Å². The number of aromatic nitrogens is 5. The number of fused-ring (bicyclic) bond motifs is 4. The lowest BCUT2D eigenvalue weighted by molar-refractivity contribution is 0.111. The number of halogens is 1. The van der Waals surface area contributed by atoms with Gasteiger partial charge in [-0.25, -0.2) is 0 Å². The molecule has 2 unspecified atom stereocenters. The van der Waals surface area contributed by atoms with Gasteiger partial charge in [0.05, 0.1) is 12.2 Å². The van der Waals surface area contributed by atoms with Crippen LogP contribution in [0.25, 0.3) is 5.69 Å². The third-order valence-corrected chi connectivity index (χ3v) is 5.46. The highest BCUT2D eigenvalue weighted by Gasteiger charge is 2.34. The Bertz CT molecular complexity index is 985. The maximum absolute atomic E-state index is 12.2. The van der Waals surface area contributed by atoms with Crippen LogP contribution in [0.3, 0.4) is 0 Å². The van der Waals surface area contributed by atoms with Gasteiger partial charge in [-0.15, -0.1) is 17.5 Å². The molecule has 0 aliphatic carbocycles. The van der Waals surface area contributed by atoms with Crippen molar-refractivity contribution >= 4 is 12.4 Å². The summed E-state index contributed by atoms with van der Waals surface area (Å²) in [5, 5.41) is 12.3. The van der Waals surface area contributed by atoms with Crippen LogP contribution < -0.4 is 5.56 Å². The molecule has 2 bridgehead atoms. The van der Waals surface area contributed by atoms with Crippen LogP contribution >= 0.6 is 12.4 Å². The number of tetrazole rings is 1. The average Bonchev–Trinajstić information content (AvgIpc) is 3.11. The Morgan fingerprint density at radius 1 is 1.00 bits per heavy atom. The van der Waals surface area contributed by atoms with Crippen molar-refractivity contribution in [1.29, 1.82) is 0 Å². The molecule has 2 aromatic heterocycles. The van der Waals surface area contributed by atoms with Crippen LogP contribution in [0.2, 0.25) is 0 Å². The van der Waals surface area contributed by atoms with Crippen LogP contribution in [0.4, 0.5) is 0 Å². The third-order valence-electron chi connectivity index (χ3n) is 5.46. The van der Waals surface area contributed by atoms with Crippen molar-refractivity contribution in [2.45, 2.75) is 25.4 Å². The first-order valence-electron chi connectivity index (χ1n) is 9.03. The standard InChI is InChI=1S/C19H20N6O.ClH/c26-19-8-4-7-17-15-9-14(11-24(17)19)10-23(12-15)13-18-20-21-22-25(18)16-5-2-1-3-6-16;/h1-8,14-15H,9-13H2;1H. The van der Waals surface area contributed by atoms with Gasteiger partial charge in [-0.05, 0) is 41.0 Å². The van der Waals surface area contributed by atoms with Gasteiger partial charge in [0.1, 0.15) is 0 Å². The third kappa shape index (κ3) is 3.28. The van der Waals surface area contributed by atoms with Crippen molar-refractivity contribution < 1.29 is 0 Å². The molecule has 7 nitrogen and oxygen atoms in total. The van der Waals surface area contributed by atoms with Crippen LogP contribution in [0.15, 0.2) is 53.3 Å². The van der Waals surface area contributed by atoms with E-state index in [1.165, 1.54) is 5.69 Å². The van der Waals surface area contributed by atoms with E-state index in [9.17, 15) is 4.79 Å². The van der Waals surface area contributed by atoms with E-state index in [-0.39, 0.29) is 18.0 Å². The minimum atomic E-state index is 0. The topological polar surface area (TPSA) is 68.8 Å². The zero-order valence-electron chi connectivity index (χ0n) is 14.8. The maximum Gasteiger partial charge on any atom is 0.250 e. The Hall–Kier alpha value is -2.51. The van der Waals surface area contributed by atoms with Gasteiger partial charge in [-0.2, -0.15) is 4.68 Å². The summed E-state index contributed by atoms with van der Waals surface area (Å²) in [7, 11) is 0. The molecule has 3 aromatic rings. The summed E-state index contributed by atoms with van der Waals surface area (Å²) in [4.78, 5) is 14.6. The number of rotatable bonds is 3. The molecule has 0 spiro atoms. The predicted octanol–water partition coefficient (Wildman–Crippen LogP) is 1.87. The number of piperidine rings is 1. The molecular formula is C19H21ClN6O. The summed E-state index contributed by atoms with van der Waals surface area (Å²) in [5.41, 5.74) is 2.27. The van der Waals surface area contributed by atoms with Crippen molar-refractivity contribution in [3.8, 4) is 5.69 Å². The Labute approximate surface area is 163 Å². The lowest BCUT2D eigenvalue weighted by Gasteiger charge is -2.42. The maximum atomic E-state index is 12.2. The number of para-hydroxylation sites is 1. The zero-order valence-corrected chi connectivity index (χ0v) is 15.6. The number of pyridine rings is 1. The molecule has 2 aliphatic heterocycles. The van der Waals surface area contributed by atoms with Crippen LogP contribution in [-0.2, 0) is 13.1 Å². The van der Waals surface area contributed by atoms with Crippen LogP contribution in [0.1, 0.15) is 23.9 Å². The molecule has 1 fully saturated rings. The number of hydrogen-bond acceptors (Lipinski definition) is 5. The van der Waals surface area contributed by atoms with Crippen molar-refractivity contribution in [2.24, 2.45) is 5.92 Å². The quantitative estimate of drug-likeness (QED) is 0.689. The van der Waals surface area contributed by atoms with Crippen molar-refractivity contribution in [3.05, 3.63) is 70.4 Å². The van der Waals surface area contributed by atoms with Gasteiger partial charge in [0.15, 0.2) is 5.82 Å².